The average molecular weight is 415 g/mol. The molecule has 0 aliphatic carbocycles. The molecule has 9 heteroatoms. The maximum absolute atomic E-state index is 12.4. The van der Waals surface area contributed by atoms with Gasteiger partial charge in [0.05, 0.1) is 19.3 Å². The van der Waals surface area contributed by atoms with E-state index < -0.39 is 0 Å². The summed E-state index contributed by atoms with van der Waals surface area (Å²) in [7, 11) is 1.60. The van der Waals surface area contributed by atoms with Crippen LogP contribution >= 0.6 is 0 Å². The number of carbonyl (C=O) groups excluding carboxylic acids is 2. The minimum absolute atomic E-state index is 0.000488. The molecule has 9 nitrogen and oxygen atoms in total. The molecule has 0 atom stereocenters. The summed E-state index contributed by atoms with van der Waals surface area (Å²) in [5, 5.41) is 10.9. The molecule has 2 amide bonds. The van der Waals surface area contributed by atoms with Crippen molar-refractivity contribution in [2.45, 2.75) is 32.7 Å². The van der Waals surface area contributed by atoms with Gasteiger partial charge in [0.15, 0.2) is 12.3 Å². The Hall–Kier alpha value is -3.10. The summed E-state index contributed by atoms with van der Waals surface area (Å²) in [4.78, 5) is 26.4. The highest BCUT2D eigenvalue weighted by molar-refractivity contribution is 5.91. The van der Waals surface area contributed by atoms with Crippen LogP contribution in [0.2, 0.25) is 0 Å². The lowest BCUT2D eigenvalue weighted by molar-refractivity contribution is -0.134. The summed E-state index contributed by atoms with van der Waals surface area (Å²) in [6, 6.07) is 7.26. The second-order valence-corrected chi connectivity index (χ2v) is 7.76. The van der Waals surface area contributed by atoms with Crippen molar-refractivity contribution in [3.05, 3.63) is 36.2 Å². The Morgan fingerprint density at radius 2 is 1.83 bits per heavy atom. The Kier molecular flexibility index (Phi) is 7.26. The number of hydrogen-bond donors (Lipinski definition) is 1. The molecule has 1 aliphatic rings. The summed E-state index contributed by atoms with van der Waals surface area (Å²) < 4.78 is 12.4. The third-order valence-corrected chi connectivity index (χ3v) is 5.03. The van der Waals surface area contributed by atoms with E-state index in [1.807, 2.05) is 13.8 Å². The van der Waals surface area contributed by atoms with Gasteiger partial charge in [0.1, 0.15) is 11.5 Å². The number of ether oxygens (including phenoxy) is 2. The quantitative estimate of drug-likeness (QED) is 0.707. The molecule has 2 aromatic rings. The van der Waals surface area contributed by atoms with Crippen molar-refractivity contribution in [1.82, 2.24) is 25.2 Å². The fraction of sp³-hybridized carbons (Fsp3) is 0.524. The van der Waals surface area contributed by atoms with Crippen LogP contribution in [0.4, 0.5) is 0 Å². The van der Waals surface area contributed by atoms with Gasteiger partial charge in [-0.3, -0.25) is 9.59 Å². The number of carbonyl (C=O) groups is 2. The summed E-state index contributed by atoms with van der Waals surface area (Å²) in [5.74, 6) is 1.49. The molecule has 0 bridgehead atoms. The van der Waals surface area contributed by atoms with Crippen molar-refractivity contribution in [3.63, 3.8) is 0 Å². The van der Waals surface area contributed by atoms with Gasteiger partial charge >= 0.3 is 0 Å². The first-order valence-corrected chi connectivity index (χ1v) is 10.2. The lowest BCUT2D eigenvalue weighted by atomic mass is 10.1. The molecule has 0 unspecified atom stereocenters. The summed E-state index contributed by atoms with van der Waals surface area (Å²) in [6.45, 7) is 5.90. The Balaban J connectivity index is 1.45. The van der Waals surface area contributed by atoms with Crippen LogP contribution in [0.25, 0.3) is 0 Å². The van der Waals surface area contributed by atoms with Crippen LogP contribution in [0.5, 0.6) is 11.5 Å². The highest BCUT2D eigenvalue weighted by Gasteiger charge is 2.25. The van der Waals surface area contributed by atoms with Gasteiger partial charge in [0.25, 0.3) is 11.8 Å². The first kappa shape index (κ1) is 21.6. The van der Waals surface area contributed by atoms with Gasteiger partial charge in [0.2, 0.25) is 0 Å². The minimum atomic E-state index is -0.210. The molecular weight excluding hydrogens is 386 g/mol. The SMILES string of the molecule is COc1ccc(OCC(=O)N2CCC(n3cc(C(=O)NCC(C)C)nn3)CC2)cc1. The standard InChI is InChI=1S/C21H29N5O4/c1-15(2)12-22-21(28)19-13-26(24-23-19)16-8-10-25(11-9-16)20(27)14-30-18-6-4-17(29-3)5-7-18/h4-7,13,15-16H,8-12,14H2,1-3H3,(H,22,28). The fourth-order valence-corrected chi connectivity index (χ4v) is 3.23. The molecule has 162 valence electrons. The molecule has 2 heterocycles. The van der Waals surface area contributed by atoms with E-state index in [1.54, 1.807) is 47.2 Å². The Morgan fingerprint density at radius 1 is 1.17 bits per heavy atom. The number of amides is 2. The molecule has 0 radical (unpaired) electrons. The Labute approximate surface area is 176 Å². The number of aromatic nitrogens is 3. The molecule has 30 heavy (non-hydrogen) atoms. The number of likely N-dealkylation sites (tertiary alicyclic amines) is 1. The molecule has 1 aliphatic heterocycles. The highest BCUT2D eigenvalue weighted by Crippen LogP contribution is 2.22. The molecule has 0 spiro atoms. The Morgan fingerprint density at radius 3 is 2.47 bits per heavy atom. The van der Waals surface area contributed by atoms with E-state index in [2.05, 4.69) is 15.6 Å². The number of rotatable bonds is 8. The monoisotopic (exact) mass is 415 g/mol. The second-order valence-electron chi connectivity index (χ2n) is 7.76. The molecular formula is C21H29N5O4. The molecule has 1 aromatic carbocycles. The zero-order valence-electron chi connectivity index (χ0n) is 17.7. The van der Waals surface area contributed by atoms with Gasteiger partial charge in [-0.2, -0.15) is 0 Å². The van der Waals surface area contributed by atoms with Gasteiger partial charge in [-0.1, -0.05) is 19.1 Å². The molecule has 1 aromatic heterocycles. The molecule has 3 rings (SSSR count). The van der Waals surface area contributed by atoms with E-state index in [0.29, 0.717) is 37.0 Å². The van der Waals surface area contributed by atoms with Crippen molar-refractivity contribution in [1.29, 1.82) is 0 Å². The average Bonchev–Trinajstić information content (AvgIpc) is 3.26. The zero-order valence-corrected chi connectivity index (χ0v) is 17.7. The minimum Gasteiger partial charge on any atom is -0.497 e. The first-order chi connectivity index (χ1) is 14.5. The molecule has 1 fully saturated rings. The summed E-state index contributed by atoms with van der Waals surface area (Å²) in [5.41, 5.74) is 0.321. The van der Waals surface area contributed by atoms with Gasteiger partial charge in [-0.15, -0.1) is 5.10 Å². The molecule has 0 saturated carbocycles. The van der Waals surface area contributed by atoms with Crippen LogP contribution in [-0.2, 0) is 4.79 Å². The number of nitrogens with zero attached hydrogens (tertiary/aromatic N) is 4. The van der Waals surface area contributed by atoms with E-state index >= 15 is 0 Å². The topological polar surface area (TPSA) is 98.6 Å². The first-order valence-electron chi connectivity index (χ1n) is 10.2. The van der Waals surface area contributed by atoms with Crippen LogP contribution in [0, 0.1) is 5.92 Å². The van der Waals surface area contributed by atoms with Gasteiger partial charge in [0, 0.05) is 19.6 Å². The van der Waals surface area contributed by atoms with E-state index in [-0.39, 0.29) is 24.5 Å². The smallest absolute Gasteiger partial charge is 0.273 e. The number of benzene rings is 1. The predicted octanol–water partition coefficient (Wildman–Crippen LogP) is 1.91. The number of methoxy groups -OCH3 is 1. The maximum atomic E-state index is 12.4. The van der Waals surface area contributed by atoms with Crippen LogP contribution in [0.3, 0.4) is 0 Å². The van der Waals surface area contributed by atoms with E-state index in [9.17, 15) is 9.59 Å². The summed E-state index contributed by atoms with van der Waals surface area (Å²) >= 11 is 0. The van der Waals surface area contributed by atoms with E-state index in [1.165, 1.54) is 0 Å². The normalized spacial score (nSPS) is 14.6. The van der Waals surface area contributed by atoms with Crippen molar-refractivity contribution >= 4 is 11.8 Å². The third kappa shape index (κ3) is 5.71. The highest BCUT2D eigenvalue weighted by atomic mass is 16.5. The maximum Gasteiger partial charge on any atom is 0.273 e. The third-order valence-electron chi connectivity index (χ3n) is 5.03. The largest absolute Gasteiger partial charge is 0.497 e. The summed E-state index contributed by atoms with van der Waals surface area (Å²) in [6.07, 6.45) is 3.19. The van der Waals surface area contributed by atoms with Crippen LogP contribution < -0.4 is 14.8 Å². The van der Waals surface area contributed by atoms with Crippen LogP contribution in [-0.4, -0.2) is 65.1 Å². The molecule has 1 N–H and O–H groups in total. The van der Waals surface area contributed by atoms with Crippen molar-refractivity contribution in [3.8, 4) is 11.5 Å². The van der Waals surface area contributed by atoms with Crippen LogP contribution in [0.15, 0.2) is 30.5 Å². The number of piperidine rings is 1. The predicted molar refractivity (Wildman–Crippen MR) is 111 cm³/mol. The van der Waals surface area contributed by atoms with Crippen LogP contribution in [0.1, 0.15) is 43.2 Å². The number of hydrogen-bond acceptors (Lipinski definition) is 6. The second kappa shape index (κ2) is 10.1. The van der Waals surface area contributed by atoms with Gasteiger partial charge < -0.3 is 19.7 Å². The molecule has 1 saturated heterocycles. The zero-order chi connectivity index (χ0) is 21.5. The van der Waals surface area contributed by atoms with Gasteiger partial charge in [-0.05, 0) is 43.0 Å². The van der Waals surface area contributed by atoms with E-state index in [4.69, 9.17) is 9.47 Å². The van der Waals surface area contributed by atoms with Crippen molar-refractivity contribution in [2.24, 2.45) is 5.92 Å². The van der Waals surface area contributed by atoms with Crippen molar-refractivity contribution in [2.75, 3.05) is 33.4 Å². The van der Waals surface area contributed by atoms with Gasteiger partial charge in [-0.25, -0.2) is 4.68 Å². The van der Waals surface area contributed by atoms with E-state index in [0.717, 1.165) is 18.6 Å². The lowest BCUT2D eigenvalue weighted by Gasteiger charge is -2.31. The fourth-order valence-electron chi connectivity index (χ4n) is 3.23. The Bertz CT molecular complexity index is 841. The number of nitrogens with one attached hydrogen (secondary N) is 1. The van der Waals surface area contributed by atoms with Crippen molar-refractivity contribution < 1.29 is 19.1 Å². The lowest BCUT2D eigenvalue weighted by Crippen LogP contribution is -2.41.